The van der Waals surface area contributed by atoms with Crippen molar-refractivity contribution in [2.24, 2.45) is 0 Å². The molecule has 5 nitrogen and oxygen atoms in total. The Morgan fingerprint density at radius 2 is 1.75 bits per heavy atom. The van der Waals surface area contributed by atoms with Crippen LogP contribution in [0.25, 0.3) is 22.7 Å². The summed E-state index contributed by atoms with van der Waals surface area (Å²) in [6, 6.07) is 17.8. The topological polar surface area (TPSA) is 64.7 Å². The zero-order valence-electron chi connectivity index (χ0n) is 12.8. The molecular formula is C19H14N4O. The lowest BCUT2D eigenvalue weighted by Crippen LogP contribution is -1.90. The van der Waals surface area contributed by atoms with Gasteiger partial charge in [-0.3, -0.25) is 9.97 Å². The zero-order valence-corrected chi connectivity index (χ0v) is 12.8. The largest absolute Gasteiger partial charge is 0.334 e. The van der Waals surface area contributed by atoms with Crippen LogP contribution < -0.4 is 0 Å². The molecule has 0 aliphatic carbocycles. The van der Waals surface area contributed by atoms with Gasteiger partial charge in [-0.25, -0.2) is 0 Å². The lowest BCUT2D eigenvalue weighted by atomic mass is 10.1. The molecule has 5 heteroatoms. The van der Waals surface area contributed by atoms with E-state index in [1.165, 1.54) is 0 Å². The number of rotatable bonds is 4. The highest BCUT2D eigenvalue weighted by molar-refractivity contribution is 5.61. The molecule has 0 saturated heterocycles. The summed E-state index contributed by atoms with van der Waals surface area (Å²) in [5, 5.41) is 4.04. The van der Waals surface area contributed by atoms with Crippen LogP contribution in [0.4, 0.5) is 0 Å². The van der Waals surface area contributed by atoms with E-state index >= 15 is 0 Å². The van der Waals surface area contributed by atoms with E-state index in [9.17, 15) is 0 Å². The van der Waals surface area contributed by atoms with Crippen LogP contribution in [0.2, 0.25) is 0 Å². The van der Waals surface area contributed by atoms with Gasteiger partial charge in [0.1, 0.15) is 0 Å². The van der Waals surface area contributed by atoms with Crippen LogP contribution in [-0.2, 0) is 6.42 Å². The molecule has 4 aromatic rings. The fraction of sp³-hybridized carbons (Fsp3) is 0.0526. The Morgan fingerprint density at radius 1 is 0.833 bits per heavy atom. The minimum Gasteiger partial charge on any atom is -0.334 e. The molecule has 0 radical (unpaired) electrons. The van der Waals surface area contributed by atoms with Crippen molar-refractivity contribution in [2.75, 3.05) is 0 Å². The van der Waals surface area contributed by atoms with Crippen LogP contribution in [0.3, 0.4) is 0 Å². The van der Waals surface area contributed by atoms with E-state index < -0.39 is 0 Å². The number of aromatic nitrogens is 4. The van der Waals surface area contributed by atoms with Gasteiger partial charge in [0.05, 0.1) is 11.3 Å². The average molecular weight is 314 g/mol. The molecule has 4 rings (SSSR count). The van der Waals surface area contributed by atoms with Gasteiger partial charge in [0.15, 0.2) is 5.82 Å². The molecule has 0 aliphatic rings. The summed E-state index contributed by atoms with van der Waals surface area (Å²) >= 11 is 0. The predicted molar refractivity (Wildman–Crippen MR) is 90.0 cm³/mol. The molecule has 0 bridgehead atoms. The van der Waals surface area contributed by atoms with Gasteiger partial charge in [0.2, 0.25) is 0 Å². The van der Waals surface area contributed by atoms with E-state index in [4.69, 9.17) is 4.52 Å². The third-order valence-corrected chi connectivity index (χ3v) is 3.64. The van der Waals surface area contributed by atoms with Crippen LogP contribution >= 0.6 is 0 Å². The van der Waals surface area contributed by atoms with Crippen molar-refractivity contribution in [1.29, 1.82) is 0 Å². The lowest BCUT2D eigenvalue weighted by molar-refractivity contribution is 0.424. The van der Waals surface area contributed by atoms with Gasteiger partial charge in [-0.15, -0.1) is 0 Å². The third-order valence-electron chi connectivity index (χ3n) is 3.64. The minimum absolute atomic E-state index is 0.478. The summed E-state index contributed by atoms with van der Waals surface area (Å²) < 4.78 is 5.36. The molecule has 0 saturated carbocycles. The molecular weight excluding hydrogens is 300 g/mol. The summed E-state index contributed by atoms with van der Waals surface area (Å²) in [6.45, 7) is 0. The first-order chi connectivity index (χ1) is 11.9. The Labute approximate surface area is 139 Å². The highest BCUT2D eigenvalue weighted by atomic mass is 16.5. The van der Waals surface area contributed by atoms with E-state index in [0.29, 0.717) is 18.1 Å². The lowest BCUT2D eigenvalue weighted by Gasteiger charge is -2.00. The van der Waals surface area contributed by atoms with Crippen molar-refractivity contribution in [2.45, 2.75) is 6.42 Å². The van der Waals surface area contributed by atoms with Crippen molar-refractivity contribution < 1.29 is 4.52 Å². The fourth-order valence-corrected chi connectivity index (χ4v) is 2.43. The molecule has 0 atom stereocenters. The van der Waals surface area contributed by atoms with Crippen molar-refractivity contribution >= 4 is 0 Å². The van der Waals surface area contributed by atoms with Gasteiger partial charge in [-0.1, -0.05) is 35.5 Å². The van der Waals surface area contributed by atoms with Crippen LogP contribution in [0.15, 0.2) is 77.7 Å². The van der Waals surface area contributed by atoms with Gasteiger partial charge in [-0.2, -0.15) is 4.98 Å². The normalized spacial score (nSPS) is 10.7. The Bertz CT molecular complexity index is 919. The van der Waals surface area contributed by atoms with E-state index in [-0.39, 0.29) is 0 Å². The second kappa shape index (κ2) is 6.42. The van der Waals surface area contributed by atoms with E-state index in [2.05, 4.69) is 20.1 Å². The number of benzene rings is 1. The van der Waals surface area contributed by atoms with Crippen molar-refractivity contribution in [1.82, 2.24) is 20.1 Å². The third kappa shape index (κ3) is 3.05. The molecule has 0 spiro atoms. The first-order valence-corrected chi connectivity index (χ1v) is 7.62. The Hall–Kier alpha value is -3.34. The second-order valence-electron chi connectivity index (χ2n) is 5.35. The van der Waals surface area contributed by atoms with Gasteiger partial charge < -0.3 is 4.52 Å². The van der Waals surface area contributed by atoms with E-state index in [1.54, 1.807) is 18.6 Å². The molecule has 24 heavy (non-hydrogen) atoms. The van der Waals surface area contributed by atoms with Crippen LogP contribution in [0.5, 0.6) is 0 Å². The van der Waals surface area contributed by atoms with Gasteiger partial charge in [-0.05, 0) is 29.8 Å². The summed E-state index contributed by atoms with van der Waals surface area (Å²) in [4.78, 5) is 13.0. The molecule has 0 unspecified atom stereocenters. The fourth-order valence-electron chi connectivity index (χ4n) is 2.43. The van der Waals surface area contributed by atoms with Crippen molar-refractivity contribution in [3.63, 3.8) is 0 Å². The highest BCUT2D eigenvalue weighted by Gasteiger charge is 2.10. The summed E-state index contributed by atoms with van der Waals surface area (Å²) in [5.74, 6) is 1.14. The van der Waals surface area contributed by atoms with E-state index in [0.717, 1.165) is 22.4 Å². The van der Waals surface area contributed by atoms with Crippen LogP contribution in [0, 0.1) is 0 Å². The van der Waals surface area contributed by atoms with Gasteiger partial charge in [0, 0.05) is 30.6 Å². The minimum atomic E-state index is 0.478. The molecule has 3 aromatic heterocycles. The maximum Gasteiger partial charge on any atom is 0.259 e. The first kappa shape index (κ1) is 14.3. The average Bonchev–Trinajstić information content (AvgIpc) is 3.12. The zero-order chi connectivity index (χ0) is 16.2. The van der Waals surface area contributed by atoms with Crippen LogP contribution in [0.1, 0.15) is 11.4 Å². The smallest absolute Gasteiger partial charge is 0.259 e. The second-order valence-corrected chi connectivity index (χ2v) is 5.35. The number of hydrogen-bond donors (Lipinski definition) is 0. The summed E-state index contributed by atoms with van der Waals surface area (Å²) in [7, 11) is 0. The van der Waals surface area contributed by atoms with Crippen molar-refractivity contribution in [3.05, 3.63) is 84.6 Å². The van der Waals surface area contributed by atoms with E-state index in [1.807, 2.05) is 54.6 Å². The maximum absolute atomic E-state index is 5.36. The molecule has 3 heterocycles. The molecule has 1 aromatic carbocycles. The Balaban J connectivity index is 1.54. The predicted octanol–water partition coefficient (Wildman–Crippen LogP) is 3.78. The van der Waals surface area contributed by atoms with Crippen LogP contribution in [-0.4, -0.2) is 20.1 Å². The quantitative estimate of drug-likeness (QED) is 0.573. The van der Waals surface area contributed by atoms with Crippen molar-refractivity contribution in [3.8, 4) is 22.7 Å². The Morgan fingerprint density at radius 3 is 2.50 bits per heavy atom. The standard InChI is InChI=1S/C19H14N4O/c1-2-5-14(6-3-1)11-18-22-19(24-23-18)16-8-9-17(21-13-16)15-7-4-10-20-12-15/h1-10,12-13H,11H2. The number of hydrogen-bond acceptors (Lipinski definition) is 5. The number of pyridine rings is 2. The Kier molecular flexibility index (Phi) is 3.81. The maximum atomic E-state index is 5.36. The molecule has 0 fully saturated rings. The first-order valence-electron chi connectivity index (χ1n) is 7.62. The SMILES string of the molecule is c1ccc(Cc2noc(-c3ccc(-c4cccnc4)nc3)n2)cc1. The highest BCUT2D eigenvalue weighted by Crippen LogP contribution is 2.21. The monoisotopic (exact) mass is 314 g/mol. The number of nitrogens with zero attached hydrogens (tertiary/aromatic N) is 4. The van der Waals surface area contributed by atoms with Gasteiger partial charge >= 0.3 is 0 Å². The summed E-state index contributed by atoms with van der Waals surface area (Å²) in [5.41, 5.74) is 3.78. The summed E-state index contributed by atoms with van der Waals surface area (Å²) in [6.07, 6.45) is 5.91. The molecule has 0 N–H and O–H groups in total. The van der Waals surface area contributed by atoms with Gasteiger partial charge in [0.25, 0.3) is 5.89 Å². The molecule has 0 amide bonds. The molecule has 0 aliphatic heterocycles. The molecule has 116 valence electrons.